The highest BCUT2D eigenvalue weighted by molar-refractivity contribution is 9.10. The molecule has 0 radical (unpaired) electrons. The molecule has 1 fully saturated rings. The first kappa shape index (κ1) is 9.86. The molecule has 1 aliphatic carbocycles. The predicted octanol–water partition coefficient (Wildman–Crippen LogP) is 2.38. The van der Waals surface area contributed by atoms with Gasteiger partial charge in [0.25, 0.3) is 0 Å². The van der Waals surface area contributed by atoms with Crippen molar-refractivity contribution in [1.29, 1.82) is 0 Å². The normalized spacial score (nSPS) is 18.3. The summed E-state index contributed by atoms with van der Waals surface area (Å²) >= 11 is 2.94. The number of hydrogen-bond donors (Lipinski definition) is 2. The number of benzene rings is 1. The van der Waals surface area contributed by atoms with Crippen molar-refractivity contribution in [3.8, 4) is 5.75 Å². The fourth-order valence-electron chi connectivity index (χ4n) is 1.42. The molecule has 0 bridgehead atoms. The summed E-state index contributed by atoms with van der Waals surface area (Å²) in [6.07, 6.45) is 1.13. The molecule has 0 saturated heterocycles. The van der Waals surface area contributed by atoms with Gasteiger partial charge in [0.15, 0.2) is 11.6 Å². The maximum Gasteiger partial charge on any atom is 0.167 e. The second-order valence-electron chi connectivity index (χ2n) is 3.53. The second-order valence-corrected chi connectivity index (χ2v) is 4.39. The molecule has 2 nitrogen and oxygen atoms in total. The van der Waals surface area contributed by atoms with E-state index in [9.17, 15) is 13.9 Å². The van der Waals surface area contributed by atoms with Gasteiger partial charge in [0.2, 0.25) is 0 Å². The minimum atomic E-state index is -1.05. The number of hydrogen-bond acceptors (Lipinski definition) is 2. The molecule has 0 amide bonds. The molecule has 5 heteroatoms. The Bertz CT molecular complexity index is 378. The minimum Gasteiger partial charge on any atom is -0.506 e. The molecule has 0 heterocycles. The molecule has 0 aliphatic heterocycles. The van der Waals surface area contributed by atoms with Crippen LogP contribution in [0.15, 0.2) is 10.5 Å². The number of aromatic hydroxyl groups is 1. The maximum absolute atomic E-state index is 13.3. The van der Waals surface area contributed by atoms with E-state index in [-0.39, 0.29) is 15.8 Å². The van der Waals surface area contributed by atoms with Crippen LogP contribution in [0.1, 0.15) is 18.4 Å². The molecule has 0 atom stereocenters. The van der Waals surface area contributed by atoms with Crippen LogP contribution < -0.4 is 5.73 Å². The summed E-state index contributed by atoms with van der Waals surface area (Å²) < 4.78 is 26.5. The van der Waals surface area contributed by atoms with Crippen molar-refractivity contribution >= 4 is 15.9 Å². The summed E-state index contributed by atoms with van der Waals surface area (Å²) in [6.45, 7) is 0. The number of halogens is 3. The molecule has 14 heavy (non-hydrogen) atoms. The van der Waals surface area contributed by atoms with E-state index in [2.05, 4.69) is 15.9 Å². The zero-order valence-electron chi connectivity index (χ0n) is 7.15. The monoisotopic (exact) mass is 263 g/mol. The van der Waals surface area contributed by atoms with Gasteiger partial charge in [-0.1, -0.05) is 0 Å². The number of rotatable bonds is 1. The second kappa shape index (κ2) is 2.90. The fraction of sp³-hybridized carbons (Fsp3) is 0.333. The summed E-state index contributed by atoms with van der Waals surface area (Å²) in [5.41, 5.74) is 4.71. The van der Waals surface area contributed by atoms with E-state index in [0.717, 1.165) is 6.07 Å². The Morgan fingerprint density at radius 3 is 2.50 bits per heavy atom. The maximum atomic E-state index is 13.3. The van der Waals surface area contributed by atoms with Crippen molar-refractivity contribution in [3.05, 3.63) is 27.7 Å². The van der Waals surface area contributed by atoms with Crippen LogP contribution in [0.25, 0.3) is 0 Å². The highest BCUT2D eigenvalue weighted by Crippen LogP contribution is 2.49. The Labute approximate surface area is 87.9 Å². The van der Waals surface area contributed by atoms with Crippen molar-refractivity contribution < 1.29 is 13.9 Å². The summed E-state index contributed by atoms with van der Waals surface area (Å²) in [7, 11) is 0. The molecular formula is C9H8BrF2NO. The molecule has 3 N–H and O–H groups in total. The molecule has 0 aromatic heterocycles. The first-order valence-electron chi connectivity index (χ1n) is 4.11. The van der Waals surface area contributed by atoms with E-state index in [1.54, 1.807) is 0 Å². The Morgan fingerprint density at radius 1 is 1.43 bits per heavy atom. The highest BCUT2D eigenvalue weighted by atomic mass is 79.9. The van der Waals surface area contributed by atoms with Crippen molar-refractivity contribution in [2.24, 2.45) is 5.73 Å². The third-order valence-electron chi connectivity index (χ3n) is 2.43. The third kappa shape index (κ3) is 1.31. The SMILES string of the molecule is NC1(c2c(O)c(Br)cc(F)c2F)CC1. The lowest BCUT2D eigenvalue weighted by Crippen LogP contribution is -2.21. The number of phenolic OH excluding ortho intramolecular Hbond substituents is 1. The molecule has 0 unspecified atom stereocenters. The van der Waals surface area contributed by atoms with Crippen molar-refractivity contribution in [3.63, 3.8) is 0 Å². The number of nitrogens with two attached hydrogens (primary N) is 1. The van der Waals surface area contributed by atoms with E-state index in [4.69, 9.17) is 5.73 Å². The van der Waals surface area contributed by atoms with E-state index < -0.39 is 17.2 Å². The molecule has 2 rings (SSSR count). The van der Waals surface area contributed by atoms with Crippen LogP contribution in [0.3, 0.4) is 0 Å². The lowest BCUT2D eigenvalue weighted by atomic mass is 10.0. The van der Waals surface area contributed by atoms with E-state index in [1.807, 2.05) is 0 Å². The predicted molar refractivity (Wildman–Crippen MR) is 50.8 cm³/mol. The van der Waals surface area contributed by atoms with Crippen LogP contribution in [0.5, 0.6) is 5.75 Å². The van der Waals surface area contributed by atoms with Crippen LogP contribution in [-0.2, 0) is 5.54 Å². The zero-order valence-corrected chi connectivity index (χ0v) is 8.74. The van der Waals surface area contributed by atoms with Gasteiger partial charge in [0, 0.05) is 5.54 Å². The van der Waals surface area contributed by atoms with Crippen LogP contribution in [0.4, 0.5) is 8.78 Å². The van der Waals surface area contributed by atoms with Gasteiger partial charge in [0.1, 0.15) is 5.75 Å². The van der Waals surface area contributed by atoms with E-state index in [0.29, 0.717) is 12.8 Å². The van der Waals surface area contributed by atoms with Crippen molar-refractivity contribution in [1.82, 2.24) is 0 Å². The Balaban J connectivity index is 2.68. The molecule has 1 aromatic rings. The first-order chi connectivity index (χ1) is 6.46. The third-order valence-corrected chi connectivity index (χ3v) is 3.04. The van der Waals surface area contributed by atoms with Gasteiger partial charge in [-0.15, -0.1) is 0 Å². The van der Waals surface area contributed by atoms with Crippen LogP contribution in [-0.4, -0.2) is 5.11 Å². The van der Waals surface area contributed by atoms with Gasteiger partial charge < -0.3 is 10.8 Å². The lowest BCUT2D eigenvalue weighted by Gasteiger charge is -2.14. The van der Waals surface area contributed by atoms with Gasteiger partial charge in [0.05, 0.1) is 10.0 Å². The van der Waals surface area contributed by atoms with Crippen molar-refractivity contribution in [2.75, 3.05) is 0 Å². The zero-order chi connectivity index (χ0) is 10.5. The first-order valence-corrected chi connectivity index (χ1v) is 4.91. The molecule has 0 spiro atoms. The van der Waals surface area contributed by atoms with Gasteiger partial charge in [-0.3, -0.25) is 0 Å². The largest absolute Gasteiger partial charge is 0.506 e. The van der Waals surface area contributed by atoms with Gasteiger partial charge in [-0.25, -0.2) is 8.78 Å². The quantitative estimate of drug-likeness (QED) is 0.765. The highest BCUT2D eigenvalue weighted by Gasteiger charge is 2.45. The summed E-state index contributed by atoms with van der Waals surface area (Å²) in [5.74, 6) is -2.35. The molecular weight excluding hydrogens is 256 g/mol. The van der Waals surface area contributed by atoms with Gasteiger partial charge in [-0.2, -0.15) is 0 Å². The van der Waals surface area contributed by atoms with Crippen molar-refractivity contribution in [2.45, 2.75) is 18.4 Å². The Kier molecular flexibility index (Phi) is 2.04. The molecule has 76 valence electrons. The van der Waals surface area contributed by atoms with E-state index >= 15 is 0 Å². The van der Waals surface area contributed by atoms with Crippen LogP contribution in [0, 0.1) is 11.6 Å². The standard InChI is InChI=1S/C9H8BrF2NO/c10-4-3-5(11)7(12)6(8(4)14)9(13)1-2-9/h3,14H,1-2,13H2. The molecule has 1 saturated carbocycles. The molecule has 1 aromatic carbocycles. The smallest absolute Gasteiger partial charge is 0.167 e. The summed E-state index contributed by atoms with van der Waals surface area (Å²) in [4.78, 5) is 0. The summed E-state index contributed by atoms with van der Waals surface area (Å²) in [6, 6.07) is 0.889. The Morgan fingerprint density at radius 2 is 2.00 bits per heavy atom. The lowest BCUT2D eigenvalue weighted by molar-refractivity contribution is 0.424. The number of phenols is 1. The minimum absolute atomic E-state index is 0.121. The van der Waals surface area contributed by atoms with E-state index in [1.165, 1.54) is 0 Å². The van der Waals surface area contributed by atoms with Crippen LogP contribution in [0.2, 0.25) is 0 Å². The Hall–Kier alpha value is -0.680. The molecule has 1 aliphatic rings. The average molecular weight is 264 g/mol. The van der Waals surface area contributed by atoms with Crippen LogP contribution >= 0.6 is 15.9 Å². The summed E-state index contributed by atoms with van der Waals surface area (Å²) in [5, 5.41) is 9.54. The average Bonchev–Trinajstić information content (AvgIpc) is 2.81. The fourth-order valence-corrected chi connectivity index (χ4v) is 1.82. The van der Waals surface area contributed by atoms with Gasteiger partial charge in [-0.05, 0) is 34.8 Å². The topological polar surface area (TPSA) is 46.2 Å². The van der Waals surface area contributed by atoms with Gasteiger partial charge >= 0.3 is 0 Å².